The monoisotopic (exact) mass is 434 g/mol. The van der Waals surface area contributed by atoms with Crippen LogP contribution in [0.3, 0.4) is 0 Å². The van der Waals surface area contributed by atoms with Crippen LogP contribution < -0.4 is 9.47 Å². The molecule has 5 heteroatoms. The topological polar surface area (TPSA) is 45.2 Å². The standard InChI is InChI=1S/C27H34N2O3/c1-28-13-15-29(16-14-28)17-20-31-24-10-7-22(8-11-24)21-26-25-6-3-2-5-23(25)9-12-27(26)32-19-4-18-30/h2-3,5-12,30H,4,13-21H2,1H3. The number of aliphatic hydroxyl groups excluding tert-OH is 1. The summed E-state index contributed by atoms with van der Waals surface area (Å²) in [6.07, 6.45) is 1.42. The van der Waals surface area contributed by atoms with Crippen LogP contribution in [0.5, 0.6) is 11.5 Å². The first-order valence-electron chi connectivity index (χ1n) is 11.6. The van der Waals surface area contributed by atoms with E-state index in [4.69, 9.17) is 14.6 Å². The normalized spacial score (nSPS) is 15.2. The number of nitrogens with zero attached hydrogens (tertiary/aromatic N) is 2. The maximum absolute atomic E-state index is 9.10. The minimum absolute atomic E-state index is 0.138. The van der Waals surface area contributed by atoms with Crippen molar-refractivity contribution < 1.29 is 14.6 Å². The van der Waals surface area contributed by atoms with Gasteiger partial charge in [-0.1, -0.05) is 42.5 Å². The molecule has 0 aromatic heterocycles. The Labute approximate surface area is 191 Å². The van der Waals surface area contributed by atoms with Gasteiger partial charge < -0.3 is 19.5 Å². The van der Waals surface area contributed by atoms with Gasteiger partial charge in [0, 0.05) is 57.7 Å². The maximum Gasteiger partial charge on any atom is 0.123 e. The van der Waals surface area contributed by atoms with Gasteiger partial charge in [-0.25, -0.2) is 0 Å². The third kappa shape index (κ3) is 6.00. The smallest absolute Gasteiger partial charge is 0.123 e. The van der Waals surface area contributed by atoms with Crippen LogP contribution in [0.25, 0.3) is 10.8 Å². The lowest BCUT2D eigenvalue weighted by atomic mass is 9.97. The summed E-state index contributed by atoms with van der Waals surface area (Å²) in [7, 11) is 2.18. The Bertz CT molecular complexity index is 982. The zero-order valence-corrected chi connectivity index (χ0v) is 19.0. The van der Waals surface area contributed by atoms with E-state index >= 15 is 0 Å². The highest BCUT2D eigenvalue weighted by Crippen LogP contribution is 2.31. The molecule has 1 aliphatic heterocycles. The average Bonchev–Trinajstić information content (AvgIpc) is 2.83. The molecule has 1 fully saturated rings. The summed E-state index contributed by atoms with van der Waals surface area (Å²) in [5.41, 5.74) is 2.41. The molecule has 1 heterocycles. The summed E-state index contributed by atoms with van der Waals surface area (Å²) in [5.74, 6) is 1.81. The van der Waals surface area contributed by atoms with E-state index in [1.54, 1.807) is 0 Å². The highest BCUT2D eigenvalue weighted by Gasteiger charge is 2.13. The van der Waals surface area contributed by atoms with Crippen LogP contribution in [-0.4, -0.2) is 74.5 Å². The largest absolute Gasteiger partial charge is 0.493 e. The first-order valence-corrected chi connectivity index (χ1v) is 11.6. The molecule has 0 spiro atoms. The molecule has 1 aliphatic rings. The lowest BCUT2D eigenvalue weighted by Crippen LogP contribution is -2.45. The fraction of sp³-hybridized carbons (Fsp3) is 0.407. The minimum atomic E-state index is 0.138. The number of hydrogen-bond donors (Lipinski definition) is 1. The Morgan fingerprint density at radius 1 is 0.844 bits per heavy atom. The lowest BCUT2D eigenvalue weighted by molar-refractivity contribution is 0.134. The maximum atomic E-state index is 9.10. The molecule has 0 saturated carbocycles. The summed E-state index contributed by atoms with van der Waals surface area (Å²) < 4.78 is 12.0. The van der Waals surface area contributed by atoms with Crippen LogP contribution >= 0.6 is 0 Å². The SMILES string of the molecule is CN1CCN(CCOc2ccc(Cc3c(OCCCO)ccc4ccccc34)cc2)CC1. The Balaban J connectivity index is 1.39. The first kappa shape index (κ1) is 22.6. The van der Waals surface area contributed by atoms with E-state index in [-0.39, 0.29) is 6.61 Å². The molecule has 170 valence electrons. The predicted octanol–water partition coefficient (Wildman–Crippen LogP) is 3.82. The van der Waals surface area contributed by atoms with Gasteiger partial charge in [-0.3, -0.25) is 4.90 Å². The first-order chi connectivity index (χ1) is 15.7. The van der Waals surface area contributed by atoms with Gasteiger partial charge in [-0.05, 0) is 41.6 Å². The number of benzene rings is 3. The van der Waals surface area contributed by atoms with Crippen molar-refractivity contribution in [1.82, 2.24) is 9.80 Å². The van der Waals surface area contributed by atoms with E-state index < -0.39 is 0 Å². The predicted molar refractivity (Wildman–Crippen MR) is 130 cm³/mol. The number of aliphatic hydroxyl groups is 1. The van der Waals surface area contributed by atoms with Crippen molar-refractivity contribution in [2.24, 2.45) is 0 Å². The summed E-state index contributed by atoms with van der Waals surface area (Å²) >= 11 is 0. The van der Waals surface area contributed by atoms with Crippen molar-refractivity contribution in [2.75, 3.05) is 59.6 Å². The van der Waals surface area contributed by atoms with Crippen LogP contribution in [0.1, 0.15) is 17.5 Å². The molecule has 0 aliphatic carbocycles. The Hall–Kier alpha value is -2.60. The second-order valence-electron chi connectivity index (χ2n) is 8.50. The van der Waals surface area contributed by atoms with Gasteiger partial charge in [0.25, 0.3) is 0 Å². The van der Waals surface area contributed by atoms with Gasteiger partial charge in [0.2, 0.25) is 0 Å². The molecular weight excluding hydrogens is 400 g/mol. The molecule has 32 heavy (non-hydrogen) atoms. The van der Waals surface area contributed by atoms with Crippen molar-refractivity contribution >= 4 is 10.8 Å². The molecular formula is C27H34N2O3. The number of hydrogen-bond acceptors (Lipinski definition) is 5. The van der Waals surface area contributed by atoms with E-state index in [0.717, 1.165) is 57.3 Å². The van der Waals surface area contributed by atoms with Crippen LogP contribution in [0.4, 0.5) is 0 Å². The van der Waals surface area contributed by atoms with Crippen molar-refractivity contribution in [1.29, 1.82) is 0 Å². The van der Waals surface area contributed by atoms with Gasteiger partial charge in [0.15, 0.2) is 0 Å². The van der Waals surface area contributed by atoms with E-state index in [2.05, 4.69) is 71.4 Å². The summed E-state index contributed by atoms with van der Waals surface area (Å²) in [5, 5.41) is 11.5. The van der Waals surface area contributed by atoms with Crippen LogP contribution in [0, 0.1) is 0 Å². The van der Waals surface area contributed by atoms with E-state index in [9.17, 15) is 0 Å². The van der Waals surface area contributed by atoms with Gasteiger partial charge in [-0.15, -0.1) is 0 Å². The highest BCUT2D eigenvalue weighted by atomic mass is 16.5. The zero-order valence-electron chi connectivity index (χ0n) is 19.0. The molecule has 0 unspecified atom stereocenters. The van der Waals surface area contributed by atoms with Crippen molar-refractivity contribution in [2.45, 2.75) is 12.8 Å². The molecule has 3 aromatic carbocycles. The van der Waals surface area contributed by atoms with Crippen LogP contribution in [0.15, 0.2) is 60.7 Å². The number of rotatable bonds is 10. The van der Waals surface area contributed by atoms with E-state index in [0.29, 0.717) is 13.0 Å². The lowest BCUT2D eigenvalue weighted by Gasteiger charge is -2.32. The number of ether oxygens (including phenoxy) is 2. The van der Waals surface area contributed by atoms with Gasteiger partial charge in [-0.2, -0.15) is 0 Å². The molecule has 0 atom stereocenters. The second-order valence-corrected chi connectivity index (χ2v) is 8.50. The van der Waals surface area contributed by atoms with Gasteiger partial charge in [0.1, 0.15) is 18.1 Å². The molecule has 0 radical (unpaired) electrons. The van der Waals surface area contributed by atoms with Crippen LogP contribution in [-0.2, 0) is 6.42 Å². The third-order valence-electron chi connectivity index (χ3n) is 6.13. The molecule has 0 amide bonds. The summed E-state index contributed by atoms with van der Waals surface area (Å²) in [6.45, 7) is 6.85. The molecule has 5 nitrogen and oxygen atoms in total. The fourth-order valence-corrected chi connectivity index (χ4v) is 4.15. The van der Waals surface area contributed by atoms with Crippen LogP contribution in [0.2, 0.25) is 0 Å². The van der Waals surface area contributed by atoms with E-state index in [1.165, 1.54) is 21.9 Å². The number of piperazine rings is 1. The number of likely N-dealkylation sites (N-methyl/N-ethyl adjacent to an activating group) is 1. The summed E-state index contributed by atoms with van der Waals surface area (Å²) in [4.78, 5) is 4.84. The third-order valence-corrected chi connectivity index (χ3v) is 6.13. The fourth-order valence-electron chi connectivity index (χ4n) is 4.15. The van der Waals surface area contributed by atoms with Crippen molar-refractivity contribution in [3.05, 3.63) is 71.8 Å². The molecule has 3 aromatic rings. The molecule has 1 N–H and O–H groups in total. The number of fused-ring (bicyclic) bond motifs is 1. The Morgan fingerprint density at radius 2 is 1.62 bits per heavy atom. The quantitative estimate of drug-likeness (QED) is 0.492. The van der Waals surface area contributed by atoms with Crippen molar-refractivity contribution in [3.8, 4) is 11.5 Å². The zero-order chi connectivity index (χ0) is 22.2. The summed E-state index contributed by atoms with van der Waals surface area (Å²) in [6, 6.07) is 21.0. The Kier molecular flexibility index (Phi) is 7.99. The van der Waals surface area contributed by atoms with Gasteiger partial charge >= 0.3 is 0 Å². The second kappa shape index (κ2) is 11.3. The minimum Gasteiger partial charge on any atom is -0.493 e. The highest BCUT2D eigenvalue weighted by molar-refractivity contribution is 5.88. The molecule has 4 rings (SSSR count). The molecule has 0 bridgehead atoms. The van der Waals surface area contributed by atoms with Crippen molar-refractivity contribution in [3.63, 3.8) is 0 Å². The van der Waals surface area contributed by atoms with E-state index in [1.807, 2.05) is 6.07 Å². The average molecular weight is 435 g/mol. The Morgan fingerprint density at radius 3 is 2.41 bits per heavy atom. The van der Waals surface area contributed by atoms with Gasteiger partial charge in [0.05, 0.1) is 6.61 Å². The molecule has 1 saturated heterocycles.